The summed E-state index contributed by atoms with van der Waals surface area (Å²) >= 11 is 0. The van der Waals surface area contributed by atoms with Crippen LogP contribution in [0.25, 0.3) is 0 Å². The second-order valence-electron chi connectivity index (χ2n) is 22.1. The van der Waals surface area contributed by atoms with Crippen molar-refractivity contribution in [2.75, 3.05) is 13.2 Å². The Balaban J connectivity index is 3.38. The summed E-state index contributed by atoms with van der Waals surface area (Å²) in [7, 11) is 0. The third kappa shape index (κ3) is 57.4. The number of rotatable bonds is 60. The minimum atomic E-state index is -0.664. The lowest BCUT2D eigenvalue weighted by molar-refractivity contribution is -0.143. The molecular weight excluding hydrogens is 887 g/mol. The highest BCUT2D eigenvalue weighted by Crippen LogP contribution is 2.17. The number of amides is 1. The van der Waals surface area contributed by atoms with E-state index in [1.807, 2.05) is 0 Å². The number of carbonyl (C=O) groups is 2. The maximum absolute atomic E-state index is 12.4. The Hall–Kier alpha value is -1.92. The van der Waals surface area contributed by atoms with Gasteiger partial charge in [0, 0.05) is 12.8 Å². The molecule has 0 aromatic heterocycles. The summed E-state index contributed by atoms with van der Waals surface area (Å²) in [4.78, 5) is 24.5. The Kier molecular flexibility index (Phi) is 60.0. The second-order valence-corrected chi connectivity index (χ2v) is 22.1. The number of nitrogens with one attached hydrogen (secondary N) is 1. The molecule has 0 saturated heterocycles. The predicted molar refractivity (Wildman–Crippen MR) is 315 cm³/mol. The van der Waals surface area contributed by atoms with Gasteiger partial charge in [-0.3, -0.25) is 9.59 Å². The summed E-state index contributed by atoms with van der Waals surface area (Å²) in [6, 6.07) is -0.542. The van der Waals surface area contributed by atoms with E-state index in [1.54, 1.807) is 0 Å². The number of aliphatic hydroxyl groups is 2. The van der Waals surface area contributed by atoms with Gasteiger partial charge in [-0.05, 0) is 83.5 Å². The summed E-state index contributed by atoms with van der Waals surface area (Å²) in [5, 5.41) is 23.1. The molecule has 2 unspecified atom stereocenters. The number of aliphatic hydroxyl groups excluding tert-OH is 2. The van der Waals surface area contributed by atoms with E-state index in [1.165, 1.54) is 263 Å². The van der Waals surface area contributed by atoms with Crippen molar-refractivity contribution in [1.82, 2.24) is 5.32 Å². The van der Waals surface area contributed by atoms with Crippen LogP contribution in [0.2, 0.25) is 0 Å². The molecule has 0 saturated carbocycles. The molecule has 0 heterocycles. The third-order valence-electron chi connectivity index (χ3n) is 14.9. The van der Waals surface area contributed by atoms with Crippen LogP contribution in [0, 0.1) is 0 Å². The fraction of sp³-hybridized carbons (Fsp3) is 0.879. The number of esters is 1. The van der Waals surface area contributed by atoms with Crippen molar-refractivity contribution >= 4 is 11.9 Å². The van der Waals surface area contributed by atoms with Crippen molar-refractivity contribution in [1.29, 1.82) is 0 Å². The molecule has 0 spiro atoms. The summed E-state index contributed by atoms with van der Waals surface area (Å²) in [6.07, 6.45) is 77.5. The number of hydrogen-bond acceptors (Lipinski definition) is 5. The van der Waals surface area contributed by atoms with Crippen LogP contribution in [0.4, 0.5) is 0 Å². The molecule has 2 atom stereocenters. The molecule has 0 fully saturated rings. The van der Waals surface area contributed by atoms with E-state index in [0.717, 1.165) is 51.4 Å². The van der Waals surface area contributed by atoms with E-state index in [0.29, 0.717) is 25.9 Å². The quantitative estimate of drug-likeness (QED) is 0.0320. The van der Waals surface area contributed by atoms with Gasteiger partial charge in [0.05, 0.1) is 25.4 Å². The number of carbonyl (C=O) groups excluding carboxylic acids is 2. The second kappa shape index (κ2) is 61.6. The van der Waals surface area contributed by atoms with E-state index in [9.17, 15) is 19.8 Å². The summed E-state index contributed by atoms with van der Waals surface area (Å²) in [5.41, 5.74) is 0. The highest BCUT2D eigenvalue weighted by atomic mass is 16.5. The van der Waals surface area contributed by atoms with Crippen molar-refractivity contribution < 1.29 is 24.5 Å². The highest BCUT2D eigenvalue weighted by Gasteiger charge is 2.20. The Morgan fingerprint density at radius 2 is 0.694 bits per heavy atom. The number of hydrogen-bond donors (Lipinski definition) is 3. The van der Waals surface area contributed by atoms with Crippen LogP contribution in [-0.2, 0) is 14.3 Å². The maximum Gasteiger partial charge on any atom is 0.305 e. The fourth-order valence-corrected chi connectivity index (χ4v) is 9.96. The van der Waals surface area contributed by atoms with Crippen molar-refractivity contribution in [2.45, 2.75) is 360 Å². The van der Waals surface area contributed by atoms with Crippen molar-refractivity contribution in [3.63, 3.8) is 0 Å². The zero-order valence-corrected chi connectivity index (χ0v) is 48.4. The van der Waals surface area contributed by atoms with Crippen LogP contribution < -0.4 is 5.32 Å². The Morgan fingerprint density at radius 3 is 1.07 bits per heavy atom. The predicted octanol–water partition coefficient (Wildman–Crippen LogP) is 20.4. The highest BCUT2D eigenvalue weighted by molar-refractivity contribution is 5.76. The van der Waals surface area contributed by atoms with Gasteiger partial charge in [0.25, 0.3) is 0 Å². The van der Waals surface area contributed by atoms with Gasteiger partial charge in [0.2, 0.25) is 5.91 Å². The first-order valence-corrected chi connectivity index (χ1v) is 32.2. The van der Waals surface area contributed by atoms with Gasteiger partial charge in [0.15, 0.2) is 0 Å². The fourth-order valence-electron chi connectivity index (χ4n) is 9.96. The van der Waals surface area contributed by atoms with E-state index in [4.69, 9.17) is 4.74 Å². The molecule has 424 valence electrons. The first kappa shape index (κ1) is 70.1. The van der Waals surface area contributed by atoms with Crippen LogP contribution in [-0.4, -0.2) is 47.4 Å². The van der Waals surface area contributed by atoms with Crippen LogP contribution in [0.5, 0.6) is 0 Å². The Bertz CT molecular complexity index is 1170. The van der Waals surface area contributed by atoms with E-state index >= 15 is 0 Å². The van der Waals surface area contributed by atoms with Crippen molar-refractivity contribution in [3.05, 3.63) is 36.5 Å². The van der Waals surface area contributed by atoms with Crippen molar-refractivity contribution in [2.24, 2.45) is 0 Å². The lowest BCUT2D eigenvalue weighted by atomic mass is 10.0. The summed E-state index contributed by atoms with van der Waals surface area (Å²) in [5.74, 6) is -0.0298. The van der Waals surface area contributed by atoms with Gasteiger partial charge in [0.1, 0.15) is 0 Å². The van der Waals surface area contributed by atoms with Crippen LogP contribution in [0.15, 0.2) is 36.5 Å². The monoisotopic (exact) mass is 1010 g/mol. The Labute approximate surface area is 449 Å². The molecule has 0 aromatic carbocycles. The minimum Gasteiger partial charge on any atom is -0.466 e. The van der Waals surface area contributed by atoms with E-state index in [-0.39, 0.29) is 18.5 Å². The molecule has 0 aliphatic carbocycles. The molecule has 0 aromatic rings. The van der Waals surface area contributed by atoms with Gasteiger partial charge in [-0.1, -0.05) is 288 Å². The molecule has 6 nitrogen and oxygen atoms in total. The molecule has 72 heavy (non-hydrogen) atoms. The number of ether oxygens (including phenoxy) is 1. The Morgan fingerprint density at radius 1 is 0.389 bits per heavy atom. The molecule has 0 rings (SSSR count). The summed E-state index contributed by atoms with van der Waals surface area (Å²) < 4.78 is 5.50. The van der Waals surface area contributed by atoms with Crippen molar-refractivity contribution in [3.8, 4) is 0 Å². The van der Waals surface area contributed by atoms with E-state index < -0.39 is 12.1 Å². The zero-order valence-electron chi connectivity index (χ0n) is 48.4. The molecule has 0 aliphatic rings. The average molecular weight is 1010 g/mol. The molecule has 0 bridgehead atoms. The largest absolute Gasteiger partial charge is 0.466 e. The molecule has 0 radical (unpaired) electrons. The normalized spacial score (nSPS) is 12.8. The average Bonchev–Trinajstić information content (AvgIpc) is 3.38. The topological polar surface area (TPSA) is 95.9 Å². The van der Waals surface area contributed by atoms with Gasteiger partial charge in [-0.2, -0.15) is 0 Å². The van der Waals surface area contributed by atoms with Crippen LogP contribution in [0.1, 0.15) is 348 Å². The third-order valence-corrected chi connectivity index (χ3v) is 14.9. The van der Waals surface area contributed by atoms with Gasteiger partial charge in [-0.25, -0.2) is 0 Å². The van der Waals surface area contributed by atoms with Crippen LogP contribution >= 0.6 is 0 Å². The van der Waals surface area contributed by atoms with Gasteiger partial charge >= 0.3 is 5.97 Å². The standard InChI is InChI=1S/C66H125NO5/c1-3-5-7-9-11-13-14-15-16-17-27-31-34-37-40-44-48-52-56-60-66(71)72-61-57-53-49-45-41-38-35-32-29-26-24-22-20-18-19-21-23-25-28-30-33-36-39-43-47-51-55-59-65(70)67-63(62-68)64(69)58-54-50-46-42-12-10-8-6-4-2/h15-16,18-19,22,24,63-64,68-69H,3-14,17,20-21,23,25-62H2,1-2H3,(H,67,70)/b16-15-,19-18-,24-22-. The smallest absolute Gasteiger partial charge is 0.305 e. The zero-order chi connectivity index (χ0) is 52.2. The number of unbranched alkanes of at least 4 members (excludes halogenated alkanes) is 43. The minimum absolute atomic E-state index is 0.0102. The lowest BCUT2D eigenvalue weighted by Crippen LogP contribution is -2.45. The molecular formula is C66H125NO5. The summed E-state index contributed by atoms with van der Waals surface area (Å²) in [6.45, 7) is 4.94. The number of allylic oxidation sites excluding steroid dienone is 6. The SMILES string of the molecule is CCCCCCCC/C=C\CCCCCCCCCCCC(=O)OCCCCCCCCCCC/C=C\C/C=C\CCCCCCCCCCCCCC(=O)NC(CO)C(O)CCCCCCCCCCC. The molecule has 0 aliphatic heterocycles. The first-order valence-electron chi connectivity index (χ1n) is 32.2. The molecule has 3 N–H and O–H groups in total. The van der Waals surface area contributed by atoms with E-state index in [2.05, 4.69) is 55.6 Å². The maximum atomic E-state index is 12.4. The first-order chi connectivity index (χ1) is 35.5. The lowest BCUT2D eigenvalue weighted by Gasteiger charge is -2.22. The van der Waals surface area contributed by atoms with Gasteiger partial charge in [-0.15, -0.1) is 0 Å². The molecule has 1 amide bonds. The molecule has 6 heteroatoms. The van der Waals surface area contributed by atoms with Crippen LogP contribution in [0.3, 0.4) is 0 Å². The van der Waals surface area contributed by atoms with Gasteiger partial charge < -0.3 is 20.3 Å².